The third-order valence-electron chi connectivity index (χ3n) is 6.45. The number of nitrogens with two attached hydrogens (primary N) is 1. The molecule has 0 saturated heterocycles. The Morgan fingerprint density at radius 2 is 1.68 bits per heavy atom. The topological polar surface area (TPSA) is 98.3 Å². The Kier molecular flexibility index (Phi) is 8.96. The maximum atomic E-state index is 14.2. The summed E-state index contributed by atoms with van der Waals surface area (Å²) in [5.41, 5.74) is 11.0. The molecule has 0 radical (unpaired) electrons. The van der Waals surface area contributed by atoms with Gasteiger partial charge in [0.1, 0.15) is 17.1 Å². The van der Waals surface area contributed by atoms with E-state index in [1.165, 1.54) is 29.8 Å². The van der Waals surface area contributed by atoms with Crippen molar-refractivity contribution in [2.75, 3.05) is 0 Å². The van der Waals surface area contributed by atoms with Gasteiger partial charge in [0.05, 0.1) is 5.52 Å². The Morgan fingerprint density at radius 3 is 2.32 bits per heavy atom. The van der Waals surface area contributed by atoms with Crippen molar-refractivity contribution in [1.82, 2.24) is 9.97 Å². The fourth-order valence-electron chi connectivity index (χ4n) is 4.39. The van der Waals surface area contributed by atoms with Crippen molar-refractivity contribution in [2.24, 2.45) is 5.73 Å². The zero-order valence-electron chi connectivity index (χ0n) is 21.6. The second-order valence-corrected chi connectivity index (χ2v) is 10.3. The largest absolute Gasteiger partial charge is 0.480 e. The van der Waals surface area contributed by atoms with Crippen LogP contribution in [0.4, 0.5) is 13.2 Å². The van der Waals surface area contributed by atoms with Crippen LogP contribution in [0.1, 0.15) is 22.8 Å². The fraction of sp³-hybridized carbons (Fsp3) is 0.167. The summed E-state index contributed by atoms with van der Waals surface area (Å²) in [6.45, 7) is 1.96. The van der Waals surface area contributed by atoms with E-state index in [1.54, 1.807) is 41.8 Å². The number of carboxylic acid groups (broad SMARTS) is 1. The van der Waals surface area contributed by atoms with Gasteiger partial charge in [-0.25, -0.2) is 9.97 Å². The number of fused-ring (bicyclic) bond motifs is 1. The smallest absolute Gasteiger partial charge is 0.429 e. The van der Waals surface area contributed by atoms with Gasteiger partial charge in [0.25, 0.3) is 0 Å². The molecule has 6 nitrogen and oxygen atoms in total. The number of benzene rings is 3. The number of halogens is 4. The van der Waals surface area contributed by atoms with Crippen LogP contribution in [-0.2, 0) is 11.2 Å². The molecule has 5 aromatic rings. The zero-order chi connectivity index (χ0) is 28.4. The highest BCUT2D eigenvalue weighted by molar-refractivity contribution is 7.18. The highest BCUT2D eigenvalue weighted by Crippen LogP contribution is 2.42. The van der Waals surface area contributed by atoms with Gasteiger partial charge in [-0.15, -0.1) is 23.7 Å². The molecular formula is C30H25ClF3N3O3S. The van der Waals surface area contributed by atoms with Crippen molar-refractivity contribution in [3.05, 3.63) is 101 Å². The van der Waals surface area contributed by atoms with Crippen LogP contribution in [0, 0.1) is 6.92 Å². The number of aryl methyl sites for hydroxylation is 1. The van der Waals surface area contributed by atoms with Gasteiger partial charge in [0, 0.05) is 16.5 Å². The van der Waals surface area contributed by atoms with E-state index in [-0.39, 0.29) is 30.3 Å². The first-order valence-corrected chi connectivity index (χ1v) is 13.2. The van der Waals surface area contributed by atoms with Crippen LogP contribution in [0.5, 0.6) is 5.88 Å². The lowest BCUT2D eigenvalue weighted by Crippen LogP contribution is -2.32. The van der Waals surface area contributed by atoms with Gasteiger partial charge in [-0.05, 0) is 35.6 Å². The van der Waals surface area contributed by atoms with Crippen molar-refractivity contribution in [3.8, 4) is 28.1 Å². The number of aromatic nitrogens is 2. The third-order valence-corrected chi connectivity index (χ3v) is 7.41. The molecule has 2 aromatic heterocycles. The van der Waals surface area contributed by atoms with E-state index in [2.05, 4.69) is 9.97 Å². The molecule has 3 aromatic carbocycles. The number of carbonyl (C=O) groups is 1. The highest BCUT2D eigenvalue weighted by Gasteiger charge is 2.43. The Balaban J connectivity index is 0.00000387. The number of ether oxygens (including phenoxy) is 1. The lowest BCUT2D eigenvalue weighted by atomic mass is 10.0. The van der Waals surface area contributed by atoms with E-state index >= 15 is 0 Å². The van der Waals surface area contributed by atoms with Crippen LogP contribution in [-0.4, -0.2) is 33.3 Å². The molecule has 0 saturated carbocycles. The second-order valence-electron chi connectivity index (χ2n) is 9.38. The average molecular weight is 600 g/mol. The lowest BCUT2D eigenvalue weighted by molar-refractivity contribution is -0.198. The van der Waals surface area contributed by atoms with Crippen molar-refractivity contribution < 1.29 is 27.8 Å². The van der Waals surface area contributed by atoms with Gasteiger partial charge in [-0.3, -0.25) is 4.79 Å². The number of nitrogens with zero attached hydrogens (tertiary/aromatic N) is 2. The molecule has 2 atom stereocenters. The summed E-state index contributed by atoms with van der Waals surface area (Å²) in [6, 6.07) is 20.0. The molecule has 212 valence electrons. The van der Waals surface area contributed by atoms with Crippen molar-refractivity contribution in [3.63, 3.8) is 0 Å². The lowest BCUT2D eigenvalue weighted by Gasteiger charge is -2.22. The molecule has 2 heterocycles. The standard InChI is InChI=1S/C30H24F3N3O3S.ClH/c1-17-3-2-4-22(13-17)19-9-11-21(12-10-19)27(30(31,32)33)39-28-26-25(35-16-36-28)23(15-40-26)20-7-5-18(6-8-20)14-24(34)29(37)38;/h2-13,15-16,24,27H,14,34H2,1H3,(H,37,38);1H/t24-,27?;/m0./s1. The van der Waals surface area contributed by atoms with Crippen LogP contribution >= 0.6 is 23.7 Å². The minimum Gasteiger partial charge on any atom is -0.480 e. The third kappa shape index (κ3) is 6.67. The predicted octanol–water partition coefficient (Wildman–Crippen LogP) is 7.39. The molecule has 0 aliphatic carbocycles. The van der Waals surface area contributed by atoms with Crippen LogP contribution < -0.4 is 10.5 Å². The van der Waals surface area contributed by atoms with E-state index < -0.39 is 24.3 Å². The molecule has 5 rings (SSSR count). The molecule has 41 heavy (non-hydrogen) atoms. The van der Waals surface area contributed by atoms with Gasteiger partial charge < -0.3 is 15.6 Å². The number of aliphatic carboxylic acids is 1. The van der Waals surface area contributed by atoms with Crippen LogP contribution in [0.15, 0.2) is 84.5 Å². The van der Waals surface area contributed by atoms with E-state index in [0.29, 0.717) is 15.8 Å². The van der Waals surface area contributed by atoms with Crippen molar-refractivity contribution >= 4 is 39.9 Å². The minimum absolute atomic E-state index is 0. The zero-order valence-corrected chi connectivity index (χ0v) is 23.3. The summed E-state index contributed by atoms with van der Waals surface area (Å²) in [5.74, 6) is -1.24. The summed E-state index contributed by atoms with van der Waals surface area (Å²) in [6.07, 6.45) is -5.55. The highest BCUT2D eigenvalue weighted by atomic mass is 35.5. The van der Waals surface area contributed by atoms with E-state index in [9.17, 15) is 18.0 Å². The van der Waals surface area contributed by atoms with Gasteiger partial charge in [-0.1, -0.05) is 78.4 Å². The molecule has 0 amide bonds. The predicted molar refractivity (Wildman–Crippen MR) is 155 cm³/mol. The van der Waals surface area contributed by atoms with E-state index in [1.807, 2.05) is 31.2 Å². The maximum Gasteiger partial charge on any atom is 0.429 e. The average Bonchev–Trinajstić information content (AvgIpc) is 3.36. The Labute approximate surface area is 244 Å². The monoisotopic (exact) mass is 599 g/mol. The number of alkyl halides is 3. The van der Waals surface area contributed by atoms with Crippen molar-refractivity contribution in [2.45, 2.75) is 31.7 Å². The second kappa shape index (κ2) is 12.3. The molecule has 3 N–H and O–H groups in total. The number of thiophene rings is 1. The van der Waals surface area contributed by atoms with E-state index in [4.69, 9.17) is 15.6 Å². The quantitative estimate of drug-likeness (QED) is 0.193. The first-order chi connectivity index (χ1) is 19.1. The van der Waals surface area contributed by atoms with Crippen LogP contribution in [0.3, 0.4) is 0 Å². The summed E-state index contributed by atoms with van der Waals surface area (Å²) in [4.78, 5) is 19.4. The normalized spacial score (nSPS) is 12.9. The van der Waals surface area contributed by atoms with Crippen molar-refractivity contribution in [1.29, 1.82) is 0 Å². The summed E-state index contributed by atoms with van der Waals surface area (Å²) >= 11 is 1.19. The fourth-order valence-corrected chi connectivity index (χ4v) is 5.35. The number of rotatable bonds is 8. The Bertz CT molecular complexity index is 1660. The van der Waals surface area contributed by atoms with Crippen LogP contribution in [0.25, 0.3) is 32.5 Å². The first kappa shape index (κ1) is 30.0. The van der Waals surface area contributed by atoms with Gasteiger partial charge in [0.15, 0.2) is 0 Å². The molecule has 0 bridgehead atoms. The van der Waals surface area contributed by atoms with Crippen LogP contribution in [0.2, 0.25) is 0 Å². The Morgan fingerprint density at radius 1 is 1.00 bits per heavy atom. The molecule has 11 heteroatoms. The minimum atomic E-state index is -4.69. The molecule has 0 spiro atoms. The molecule has 0 aliphatic rings. The molecule has 0 aliphatic heterocycles. The SMILES string of the molecule is Cc1cccc(-c2ccc(C(Oc3ncnc4c(-c5ccc(C[C@H](N)C(=O)O)cc5)csc34)C(F)(F)F)cc2)c1.Cl. The molecular weight excluding hydrogens is 575 g/mol. The Hall–Kier alpha value is -3.99. The first-order valence-electron chi connectivity index (χ1n) is 12.3. The summed E-state index contributed by atoms with van der Waals surface area (Å²) < 4.78 is 48.5. The summed E-state index contributed by atoms with van der Waals surface area (Å²) in [7, 11) is 0. The number of hydrogen-bond donors (Lipinski definition) is 2. The number of carboxylic acids is 1. The van der Waals surface area contributed by atoms with Gasteiger partial charge in [-0.2, -0.15) is 13.2 Å². The van der Waals surface area contributed by atoms with E-state index in [0.717, 1.165) is 27.8 Å². The number of hydrogen-bond acceptors (Lipinski definition) is 6. The maximum absolute atomic E-state index is 14.2. The van der Waals surface area contributed by atoms with Gasteiger partial charge in [0.2, 0.25) is 12.0 Å². The molecule has 0 fully saturated rings. The molecule has 1 unspecified atom stereocenters. The summed E-state index contributed by atoms with van der Waals surface area (Å²) in [5, 5.41) is 10.8. The van der Waals surface area contributed by atoms with Gasteiger partial charge >= 0.3 is 12.1 Å².